The maximum Gasteiger partial charge on any atom is 0.460 e. The van der Waals surface area contributed by atoms with E-state index < -0.39 is 30.1 Å². The molecule has 1 atom stereocenters. The Kier molecular flexibility index (Phi) is 3.26. The monoisotopic (exact) mass is 244 g/mol. The van der Waals surface area contributed by atoms with Crippen molar-refractivity contribution in [1.29, 1.82) is 0 Å². The smallest absolute Gasteiger partial charge is 0.460 e. The van der Waals surface area contributed by atoms with E-state index in [9.17, 15) is 35.5 Å². The van der Waals surface area contributed by atoms with Crippen LogP contribution in [0.15, 0.2) is 0 Å². The summed E-state index contributed by atoms with van der Waals surface area (Å²) in [6.07, 6.45) is -10.8. The van der Waals surface area contributed by atoms with Crippen molar-refractivity contribution in [3.63, 3.8) is 0 Å². The predicted octanol–water partition coefficient (Wildman–Crippen LogP) is 1.26. The first kappa shape index (κ1) is 13.9. The number of carboxylic acid groups (broad SMARTS) is 1. The number of carboxylic acids is 1. The summed E-state index contributed by atoms with van der Waals surface area (Å²) in [4.78, 5) is 9.69. The maximum absolute atomic E-state index is 12.2. The first-order valence-electron chi connectivity index (χ1n) is 3.09. The Balaban J connectivity index is 5.28. The lowest BCUT2D eigenvalue weighted by Crippen LogP contribution is -2.59. The molecule has 0 amide bonds. The summed E-state index contributed by atoms with van der Waals surface area (Å²) in [7, 11) is 0. The van der Waals surface area contributed by atoms with Crippen LogP contribution in [-0.2, 0) is 4.79 Å². The number of aliphatic carboxylic acids is 1. The molecule has 0 aromatic rings. The van der Waals surface area contributed by atoms with Crippen LogP contribution in [0.2, 0.25) is 0 Å². The van der Waals surface area contributed by atoms with E-state index >= 15 is 0 Å². The highest BCUT2D eigenvalue weighted by Crippen LogP contribution is 2.47. The van der Waals surface area contributed by atoms with E-state index in [0.29, 0.717) is 0 Å². The van der Waals surface area contributed by atoms with E-state index in [2.05, 4.69) is 0 Å². The summed E-state index contributed by atoms with van der Waals surface area (Å²) < 4.78 is 82.8. The first-order valence-corrected chi connectivity index (χ1v) is 3.09. The highest BCUT2D eigenvalue weighted by molar-refractivity contribution is 5.73. The standard InChI is InChI=1S/C5H3F7O3/c6-3(7,1(13)2(14)15)4(8,9)5(10,11)12/h1,13H,(H,14,15). The lowest BCUT2D eigenvalue weighted by molar-refractivity contribution is -0.368. The fourth-order valence-electron chi connectivity index (χ4n) is 0.516. The third kappa shape index (κ3) is 2.13. The van der Waals surface area contributed by atoms with Crippen molar-refractivity contribution < 1.29 is 45.7 Å². The van der Waals surface area contributed by atoms with Crippen molar-refractivity contribution >= 4 is 5.97 Å². The molecule has 0 heterocycles. The molecule has 2 N–H and O–H groups in total. The van der Waals surface area contributed by atoms with Crippen molar-refractivity contribution in [1.82, 2.24) is 0 Å². The van der Waals surface area contributed by atoms with Crippen LogP contribution in [-0.4, -0.2) is 40.3 Å². The van der Waals surface area contributed by atoms with E-state index in [-0.39, 0.29) is 0 Å². The molecule has 0 aromatic carbocycles. The van der Waals surface area contributed by atoms with Crippen molar-refractivity contribution in [3.8, 4) is 0 Å². The Morgan fingerprint density at radius 2 is 1.33 bits per heavy atom. The van der Waals surface area contributed by atoms with Crippen LogP contribution in [0, 0.1) is 0 Å². The van der Waals surface area contributed by atoms with Gasteiger partial charge in [0.1, 0.15) is 0 Å². The normalized spacial score (nSPS) is 16.3. The lowest BCUT2D eigenvalue weighted by atomic mass is 10.1. The van der Waals surface area contributed by atoms with Crippen LogP contribution in [0.3, 0.4) is 0 Å². The van der Waals surface area contributed by atoms with Gasteiger partial charge in [-0.25, -0.2) is 4.79 Å². The van der Waals surface area contributed by atoms with Gasteiger partial charge in [0.2, 0.25) is 6.10 Å². The average Bonchev–Trinajstić information content (AvgIpc) is 2.00. The van der Waals surface area contributed by atoms with Gasteiger partial charge in [-0.05, 0) is 0 Å². The van der Waals surface area contributed by atoms with Gasteiger partial charge in [-0.3, -0.25) is 0 Å². The third-order valence-electron chi connectivity index (χ3n) is 1.35. The average molecular weight is 244 g/mol. The summed E-state index contributed by atoms with van der Waals surface area (Å²) in [5.41, 5.74) is 0. The Morgan fingerprint density at radius 3 is 1.53 bits per heavy atom. The summed E-state index contributed by atoms with van der Waals surface area (Å²) in [5, 5.41) is 15.7. The molecule has 90 valence electrons. The van der Waals surface area contributed by atoms with Crippen molar-refractivity contribution in [3.05, 3.63) is 0 Å². The van der Waals surface area contributed by atoms with Gasteiger partial charge < -0.3 is 10.2 Å². The predicted molar refractivity (Wildman–Crippen MR) is 29.6 cm³/mol. The van der Waals surface area contributed by atoms with Gasteiger partial charge in [-0.15, -0.1) is 0 Å². The molecule has 0 saturated heterocycles. The van der Waals surface area contributed by atoms with E-state index in [1.807, 2.05) is 0 Å². The number of rotatable bonds is 3. The Labute approximate surface area is 77.1 Å². The molecule has 0 aliphatic carbocycles. The molecular weight excluding hydrogens is 241 g/mol. The Morgan fingerprint density at radius 1 is 1.00 bits per heavy atom. The first-order chi connectivity index (χ1) is 6.35. The molecule has 0 rings (SSSR count). The minimum Gasteiger partial charge on any atom is -0.479 e. The molecule has 0 aliphatic heterocycles. The van der Waals surface area contributed by atoms with E-state index in [4.69, 9.17) is 10.2 Å². The molecule has 10 heteroatoms. The van der Waals surface area contributed by atoms with Gasteiger partial charge >= 0.3 is 24.0 Å². The van der Waals surface area contributed by atoms with E-state index in [1.54, 1.807) is 0 Å². The summed E-state index contributed by atoms with van der Waals surface area (Å²) in [5.74, 6) is -15.7. The van der Waals surface area contributed by atoms with Gasteiger partial charge in [0.15, 0.2) is 0 Å². The number of hydrogen-bond donors (Lipinski definition) is 2. The SMILES string of the molecule is O=C(O)C(O)C(F)(F)C(F)(F)C(F)(F)F. The number of aliphatic hydroxyl groups is 1. The number of alkyl halides is 7. The fourth-order valence-corrected chi connectivity index (χ4v) is 0.516. The van der Waals surface area contributed by atoms with Gasteiger partial charge in [0.05, 0.1) is 0 Å². The quantitative estimate of drug-likeness (QED) is 0.735. The molecule has 0 radical (unpaired) electrons. The highest BCUT2D eigenvalue weighted by Gasteiger charge is 2.76. The third-order valence-corrected chi connectivity index (χ3v) is 1.35. The van der Waals surface area contributed by atoms with Gasteiger partial charge in [-0.1, -0.05) is 0 Å². The zero-order chi connectivity index (χ0) is 12.7. The Bertz CT molecular complexity index is 258. The largest absolute Gasteiger partial charge is 0.479 e. The number of halogens is 7. The molecule has 0 aromatic heterocycles. The molecule has 1 unspecified atom stereocenters. The van der Waals surface area contributed by atoms with Crippen molar-refractivity contribution in [2.45, 2.75) is 24.1 Å². The molecule has 0 saturated carbocycles. The van der Waals surface area contributed by atoms with Crippen LogP contribution in [0.1, 0.15) is 0 Å². The van der Waals surface area contributed by atoms with Gasteiger partial charge in [0.25, 0.3) is 0 Å². The summed E-state index contributed by atoms with van der Waals surface area (Å²) >= 11 is 0. The maximum atomic E-state index is 12.2. The molecule has 0 aliphatic rings. The van der Waals surface area contributed by atoms with Crippen LogP contribution in [0.4, 0.5) is 30.7 Å². The fraction of sp³-hybridized carbons (Fsp3) is 0.800. The van der Waals surface area contributed by atoms with Crippen molar-refractivity contribution in [2.75, 3.05) is 0 Å². The zero-order valence-electron chi connectivity index (χ0n) is 6.53. The summed E-state index contributed by atoms with van der Waals surface area (Å²) in [6.45, 7) is 0. The second-order valence-corrected chi connectivity index (χ2v) is 2.44. The Hall–Kier alpha value is -1.06. The van der Waals surface area contributed by atoms with Crippen LogP contribution in [0.5, 0.6) is 0 Å². The molecule has 0 bridgehead atoms. The minimum absolute atomic E-state index is 2.89. The topological polar surface area (TPSA) is 57.5 Å². The molecule has 0 fully saturated rings. The number of hydrogen-bond acceptors (Lipinski definition) is 2. The second-order valence-electron chi connectivity index (χ2n) is 2.44. The molecule has 0 spiro atoms. The minimum atomic E-state index is -6.66. The second kappa shape index (κ2) is 3.51. The lowest BCUT2D eigenvalue weighted by Gasteiger charge is -2.29. The number of carbonyl (C=O) groups is 1. The molecule has 3 nitrogen and oxygen atoms in total. The van der Waals surface area contributed by atoms with Crippen molar-refractivity contribution in [2.24, 2.45) is 0 Å². The van der Waals surface area contributed by atoms with Gasteiger partial charge in [-0.2, -0.15) is 30.7 Å². The van der Waals surface area contributed by atoms with Crippen LogP contribution in [0.25, 0.3) is 0 Å². The van der Waals surface area contributed by atoms with Crippen LogP contribution < -0.4 is 0 Å². The zero-order valence-corrected chi connectivity index (χ0v) is 6.53. The number of aliphatic hydroxyl groups excluding tert-OH is 1. The van der Waals surface area contributed by atoms with Gasteiger partial charge in [0, 0.05) is 0 Å². The molecular formula is C5H3F7O3. The van der Waals surface area contributed by atoms with E-state index in [1.165, 1.54) is 0 Å². The van der Waals surface area contributed by atoms with Crippen LogP contribution >= 0.6 is 0 Å². The van der Waals surface area contributed by atoms with E-state index in [0.717, 1.165) is 0 Å². The highest BCUT2D eigenvalue weighted by atomic mass is 19.4. The summed E-state index contributed by atoms with van der Waals surface area (Å²) in [6, 6.07) is 0. The molecule has 15 heavy (non-hydrogen) atoms.